The summed E-state index contributed by atoms with van der Waals surface area (Å²) in [5, 5.41) is 0. The third-order valence-corrected chi connectivity index (χ3v) is 4.04. The molecule has 0 aromatic carbocycles. The van der Waals surface area contributed by atoms with E-state index in [0.29, 0.717) is 11.0 Å². The molecule has 0 aliphatic carbocycles. The lowest BCUT2D eigenvalue weighted by Crippen LogP contribution is -3.18. The summed E-state index contributed by atoms with van der Waals surface area (Å²) in [5.41, 5.74) is 0.977. The largest absolute Gasteiger partial charge is 0.331 e. The van der Waals surface area contributed by atoms with Crippen molar-refractivity contribution < 1.29 is 4.90 Å². The molecule has 0 aliphatic rings. The van der Waals surface area contributed by atoms with Gasteiger partial charge in [0, 0.05) is 6.42 Å². The van der Waals surface area contributed by atoms with Gasteiger partial charge in [0.15, 0.2) is 0 Å². The zero-order chi connectivity index (χ0) is 13.5. The molecule has 104 valence electrons. The number of nitrogens with one attached hydrogen (secondary N) is 1. The predicted octanol–water partition coefficient (Wildman–Crippen LogP) is 3.69. The number of rotatable bonds is 8. The summed E-state index contributed by atoms with van der Waals surface area (Å²) >= 11 is 0. The van der Waals surface area contributed by atoms with E-state index < -0.39 is 0 Å². The topological polar surface area (TPSA) is 4.44 Å². The summed E-state index contributed by atoms with van der Waals surface area (Å²) in [7, 11) is 0. The van der Waals surface area contributed by atoms with Crippen LogP contribution in [0.5, 0.6) is 0 Å². The minimum atomic E-state index is 0.464. The molecule has 0 spiro atoms. The molecule has 0 bridgehead atoms. The molecule has 0 heterocycles. The minimum Gasteiger partial charge on any atom is -0.331 e. The molecule has 0 unspecified atom stereocenters. The molecule has 17 heavy (non-hydrogen) atoms. The Bertz CT molecular complexity index is 184. The van der Waals surface area contributed by atoms with Crippen molar-refractivity contribution in [3.63, 3.8) is 0 Å². The Kier molecular flexibility index (Phi) is 7.39. The van der Waals surface area contributed by atoms with Gasteiger partial charge in [-0.05, 0) is 46.0 Å². The lowest BCUT2D eigenvalue weighted by atomic mass is 9.88. The zero-order valence-corrected chi connectivity index (χ0v) is 13.4. The van der Waals surface area contributed by atoms with Crippen LogP contribution in [0.4, 0.5) is 0 Å². The summed E-state index contributed by atoms with van der Waals surface area (Å²) in [6, 6.07) is 0. The number of quaternary nitrogens is 1. The number of unbranched alkanes of at least 4 members (excludes halogenated alkanes) is 2. The molecule has 0 aromatic heterocycles. The summed E-state index contributed by atoms with van der Waals surface area (Å²) in [6.45, 7) is 19.0. The molecule has 0 radical (unpaired) electrons. The SMILES string of the molecule is CC[NH+](CC)C(C)(C)CCCCCC(C)(C)C. The molecule has 0 saturated carbocycles. The van der Waals surface area contributed by atoms with Crippen molar-refractivity contribution in [2.24, 2.45) is 5.41 Å². The van der Waals surface area contributed by atoms with Crippen LogP contribution in [0.3, 0.4) is 0 Å². The van der Waals surface area contributed by atoms with Gasteiger partial charge in [0.1, 0.15) is 0 Å². The smallest absolute Gasteiger partial charge is 0.0919 e. The highest BCUT2D eigenvalue weighted by Crippen LogP contribution is 2.23. The monoisotopic (exact) mass is 242 g/mol. The quantitative estimate of drug-likeness (QED) is 0.619. The van der Waals surface area contributed by atoms with E-state index >= 15 is 0 Å². The van der Waals surface area contributed by atoms with Crippen LogP contribution >= 0.6 is 0 Å². The molecule has 1 N–H and O–H groups in total. The van der Waals surface area contributed by atoms with Crippen LogP contribution in [0, 0.1) is 5.41 Å². The van der Waals surface area contributed by atoms with Crippen LogP contribution in [0.15, 0.2) is 0 Å². The molecule has 1 heteroatoms. The fourth-order valence-electron chi connectivity index (χ4n) is 2.78. The first-order valence-corrected chi connectivity index (χ1v) is 7.58. The van der Waals surface area contributed by atoms with Crippen molar-refractivity contribution in [2.45, 2.75) is 86.1 Å². The normalized spacial score (nSPS) is 13.4. The first-order valence-electron chi connectivity index (χ1n) is 7.58. The van der Waals surface area contributed by atoms with Gasteiger partial charge in [-0.25, -0.2) is 0 Å². The van der Waals surface area contributed by atoms with Crippen LogP contribution in [-0.4, -0.2) is 18.6 Å². The van der Waals surface area contributed by atoms with E-state index in [1.54, 1.807) is 4.90 Å². The van der Waals surface area contributed by atoms with Gasteiger partial charge in [0.05, 0.1) is 18.6 Å². The third-order valence-electron chi connectivity index (χ3n) is 4.04. The van der Waals surface area contributed by atoms with Crippen LogP contribution < -0.4 is 4.90 Å². The summed E-state index contributed by atoms with van der Waals surface area (Å²) < 4.78 is 0. The first-order chi connectivity index (χ1) is 7.73. The van der Waals surface area contributed by atoms with E-state index in [9.17, 15) is 0 Å². The highest BCUT2D eigenvalue weighted by Gasteiger charge is 2.27. The van der Waals surface area contributed by atoms with Gasteiger partial charge in [-0.3, -0.25) is 0 Å². The van der Waals surface area contributed by atoms with Crippen LogP contribution in [-0.2, 0) is 0 Å². The molecule has 0 aromatic rings. The average Bonchev–Trinajstić information content (AvgIpc) is 2.16. The molecule has 0 aliphatic heterocycles. The summed E-state index contributed by atoms with van der Waals surface area (Å²) in [5.74, 6) is 0. The van der Waals surface area contributed by atoms with Crippen molar-refractivity contribution in [3.8, 4) is 0 Å². The maximum absolute atomic E-state index is 2.43. The van der Waals surface area contributed by atoms with Crippen LogP contribution in [0.2, 0.25) is 0 Å². The van der Waals surface area contributed by atoms with E-state index in [4.69, 9.17) is 0 Å². The van der Waals surface area contributed by atoms with Gasteiger partial charge >= 0.3 is 0 Å². The average molecular weight is 242 g/mol. The fourth-order valence-corrected chi connectivity index (χ4v) is 2.78. The lowest BCUT2D eigenvalue weighted by molar-refractivity contribution is -0.946. The molecule has 0 fully saturated rings. The van der Waals surface area contributed by atoms with Crippen LogP contribution in [0.25, 0.3) is 0 Å². The van der Waals surface area contributed by atoms with Crippen molar-refractivity contribution in [1.82, 2.24) is 0 Å². The van der Waals surface area contributed by atoms with E-state index in [2.05, 4.69) is 48.5 Å². The first kappa shape index (κ1) is 17.0. The van der Waals surface area contributed by atoms with Crippen molar-refractivity contribution in [1.29, 1.82) is 0 Å². The van der Waals surface area contributed by atoms with Crippen molar-refractivity contribution >= 4 is 0 Å². The predicted molar refractivity (Wildman–Crippen MR) is 78.7 cm³/mol. The highest BCUT2D eigenvalue weighted by molar-refractivity contribution is 4.67. The van der Waals surface area contributed by atoms with Crippen molar-refractivity contribution in [3.05, 3.63) is 0 Å². The van der Waals surface area contributed by atoms with E-state index in [1.165, 1.54) is 45.2 Å². The maximum atomic E-state index is 2.43. The Hall–Kier alpha value is -0.0400. The van der Waals surface area contributed by atoms with Crippen LogP contribution in [0.1, 0.15) is 80.6 Å². The second-order valence-corrected chi connectivity index (χ2v) is 7.32. The molecule has 1 nitrogen and oxygen atoms in total. The second kappa shape index (κ2) is 7.41. The zero-order valence-electron chi connectivity index (χ0n) is 13.4. The van der Waals surface area contributed by atoms with E-state index in [-0.39, 0.29) is 0 Å². The Labute approximate surface area is 110 Å². The Morgan fingerprint density at radius 1 is 0.706 bits per heavy atom. The second-order valence-electron chi connectivity index (χ2n) is 7.32. The Morgan fingerprint density at radius 2 is 1.18 bits per heavy atom. The van der Waals surface area contributed by atoms with Gasteiger partial charge in [-0.15, -0.1) is 0 Å². The molecular formula is C16H36N+. The molecule has 0 amide bonds. The van der Waals surface area contributed by atoms with Gasteiger partial charge in [0.25, 0.3) is 0 Å². The third kappa shape index (κ3) is 7.81. The number of hydrogen-bond acceptors (Lipinski definition) is 0. The highest BCUT2D eigenvalue weighted by atomic mass is 15.2. The Morgan fingerprint density at radius 3 is 1.59 bits per heavy atom. The van der Waals surface area contributed by atoms with Gasteiger partial charge in [-0.2, -0.15) is 0 Å². The molecule has 0 atom stereocenters. The molecule has 0 saturated heterocycles. The lowest BCUT2D eigenvalue weighted by Gasteiger charge is -2.34. The molecular weight excluding hydrogens is 206 g/mol. The fraction of sp³-hybridized carbons (Fsp3) is 1.00. The summed E-state index contributed by atoms with van der Waals surface area (Å²) in [6.07, 6.45) is 6.93. The Balaban J connectivity index is 3.80. The van der Waals surface area contributed by atoms with E-state index in [0.717, 1.165) is 0 Å². The van der Waals surface area contributed by atoms with Gasteiger partial charge < -0.3 is 4.90 Å². The molecule has 0 rings (SSSR count). The van der Waals surface area contributed by atoms with Crippen molar-refractivity contribution in [2.75, 3.05) is 13.1 Å². The van der Waals surface area contributed by atoms with Gasteiger partial charge in [-0.1, -0.05) is 33.6 Å². The van der Waals surface area contributed by atoms with Gasteiger partial charge in [0.2, 0.25) is 0 Å². The minimum absolute atomic E-state index is 0.464. The summed E-state index contributed by atoms with van der Waals surface area (Å²) in [4.78, 5) is 1.74. The van der Waals surface area contributed by atoms with E-state index in [1.807, 2.05) is 0 Å². The number of hydrogen-bond donors (Lipinski definition) is 1. The maximum Gasteiger partial charge on any atom is 0.0919 e. The standard InChI is InChI=1S/C16H35N/c1-8-17(9-2)16(6,7)14-12-10-11-13-15(3,4)5/h8-14H2,1-7H3/p+1.